The van der Waals surface area contributed by atoms with E-state index in [4.69, 9.17) is 5.26 Å². The van der Waals surface area contributed by atoms with E-state index in [2.05, 4.69) is 9.88 Å². The number of nitriles is 1. The molecule has 0 bridgehead atoms. The Kier molecular flexibility index (Phi) is 5.02. The Morgan fingerprint density at radius 3 is 2.65 bits per heavy atom. The predicted octanol–water partition coefficient (Wildman–Crippen LogP) is -0.114. The molecule has 1 aromatic rings. The molecule has 0 aromatic carbocycles. The summed E-state index contributed by atoms with van der Waals surface area (Å²) in [5.41, 5.74) is 0.505. The maximum absolute atomic E-state index is 12.5. The standard InChI is InChI=1S/C17H20N6O3/c1-20-11-16(25)23(17(20)26)12-15(24)22-6-2-5-21(7-8-22)14-4-3-13(9-18)10-19-14/h3-4,10H,2,5-8,11-12H2,1H3. The van der Waals surface area contributed by atoms with E-state index >= 15 is 0 Å². The number of aromatic nitrogens is 1. The average molecular weight is 356 g/mol. The second kappa shape index (κ2) is 7.39. The van der Waals surface area contributed by atoms with Crippen LogP contribution in [0, 0.1) is 11.3 Å². The van der Waals surface area contributed by atoms with Gasteiger partial charge < -0.3 is 14.7 Å². The summed E-state index contributed by atoms with van der Waals surface area (Å²) in [5, 5.41) is 8.85. The largest absolute Gasteiger partial charge is 0.355 e. The third-order valence-electron chi connectivity index (χ3n) is 4.57. The summed E-state index contributed by atoms with van der Waals surface area (Å²) in [6.45, 7) is 2.21. The fourth-order valence-electron chi connectivity index (χ4n) is 3.09. The minimum atomic E-state index is -0.429. The summed E-state index contributed by atoms with van der Waals surface area (Å²) < 4.78 is 0. The van der Waals surface area contributed by atoms with Gasteiger partial charge in [0.05, 0.1) is 5.56 Å². The molecule has 0 N–H and O–H groups in total. The van der Waals surface area contributed by atoms with E-state index in [1.165, 1.54) is 11.1 Å². The summed E-state index contributed by atoms with van der Waals surface area (Å²) in [7, 11) is 1.54. The normalized spacial score (nSPS) is 18.2. The Morgan fingerprint density at radius 1 is 1.23 bits per heavy atom. The number of hydrogen-bond acceptors (Lipinski definition) is 6. The molecule has 136 valence electrons. The molecule has 9 heteroatoms. The molecule has 26 heavy (non-hydrogen) atoms. The van der Waals surface area contributed by atoms with Crippen molar-refractivity contribution in [2.75, 3.05) is 51.2 Å². The highest BCUT2D eigenvalue weighted by atomic mass is 16.2. The first kappa shape index (κ1) is 17.7. The minimum absolute atomic E-state index is 0.0181. The molecule has 2 fully saturated rings. The number of carbonyl (C=O) groups excluding carboxylic acids is 3. The van der Waals surface area contributed by atoms with Gasteiger partial charge in [-0.2, -0.15) is 5.26 Å². The second-order valence-corrected chi connectivity index (χ2v) is 6.36. The molecule has 0 unspecified atom stereocenters. The van der Waals surface area contributed by atoms with E-state index in [0.29, 0.717) is 25.2 Å². The third-order valence-corrected chi connectivity index (χ3v) is 4.57. The van der Waals surface area contributed by atoms with Gasteiger partial charge >= 0.3 is 6.03 Å². The second-order valence-electron chi connectivity index (χ2n) is 6.36. The van der Waals surface area contributed by atoms with Crippen LogP contribution >= 0.6 is 0 Å². The lowest BCUT2D eigenvalue weighted by atomic mass is 10.3. The minimum Gasteiger partial charge on any atom is -0.355 e. The van der Waals surface area contributed by atoms with Crippen LogP contribution in [0.1, 0.15) is 12.0 Å². The molecule has 0 radical (unpaired) electrons. The zero-order valence-electron chi connectivity index (χ0n) is 14.6. The van der Waals surface area contributed by atoms with E-state index in [1.807, 2.05) is 6.07 Å². The molecule has 0 atom stereocenters. The first-order valence-electron chi connectivity index (χ1n) is 8.44. The quantitative estimate of drug-likeness (QED) is 0.700. The molecule has 3 heterocycles. The summed E-state index contributed by atoms with van der Waals surface area (Å²) in [5.74, 6) is 0.200. The summed E-state index contributed by atoms with van der Waals surface area (Å²) in [4.78, 5) is 46.6. The van der Waals surface area contributed by atoms with Gasteiger partial charge in [0.2, 0.25) is 5.91 Å². The van der Waals surface area contributed by atoms with Crippen molar-refractivity contribution in [3.63, 3.8) is 0 Å². The Morgan fingerprint density at radius 2 is 2.04 bits per heavy atom. The zero-order valence-corrected chi connectivity index (χ0v) is 14.6. The molecular formula is C17H20N6O3. The highest BCUT2D eigenvalue weighted by molar-refractivity contribution is 6.04. The van der Waals surface area contributed by atoms with Crippen molar-refractivity contribution in [2.24, 2.45) is 0 Å². The van der Waals surface area contributed by atoms with Gasteiger partial charge in [-0.15, -0.1) is 0 Å². The van der Waals surface area contributed by atoms with E-state index in [-0.39, 0.29) is 24.9 Å². The SMILES string of the molecule is CN1CC(=O)N(CC(=O)N2CCCN(c3ccc(C#N)cn3)CC2)C1=O. The maximum atomic E-state index is 12.5. The number of imide groups is 1. The Balaban J connectivity index is 1.59. The van der Waals surface area contributed by atoms with Crippen molar-refractivity contribution in [1.29, 1.82) is 5.26 Å². The van der Waals surface area contributed by atoms with Crippen molar-refractivity contribution < 1.29 is 14.4 Å². The fourth-order valence-corrected chi connectivity index (χ4v) is 3.09. The lowest BCUT2D eigenvalue weighted by molar-refractivity contribution is -0.136. The van der Waals surface area contributed by atoms with Gasteiger partial charge in [-0.1, -0.05) is 0 Å². The Bertz CT molecular complexity index is 757. The van der Waals surface area contributed by atoms with Crippen LogP contribution in [0.15, 0.2) is 18.3 Å². The van der Waals surface area contributed by atoms with E-state index in [0.717, 1.165) is 23.7 Å². The number of amides is 4. The highest BCUT2D eigenvalue weighted by Gasteiger charge is 2.35. The van der Waals surface area contributed by atoms with Gasteiger partial charge in [0.15, 0.2) is 0 Å². The Labute approximate surface area is 151 Å². The summed E-state index contributed by atoms with van der Waals surface area (Å²) in [6.07, 6.45) is 2.29. The van der Waals surface area contributed by atoms with Crippen LogP contribution in [-0.4, -0.2) is 83.8 Å². The molecule has 2 saturated heterocycles. The van der Waals surface area contributed by atoms with Crippen molar-refractivity contribution in [1.82, 2.24) is 19.7 Å². The Hall–Kier alpha value is -3.15. The van der Waals surface area contributed by atoms with Gasteiger partial charge in [-0.05, 0) is 18.6 Å². The third kappa shape index (κ3) is 3.59. The summed E-state index contributed by atoms with van der Waals surface area (Å²) >= 11 is 0. The lowest BCUT2D eigenvalue weighted by Gasteiger charge is -2.24. The van der Waals surface area contributed by atoms with Gasteiger partial charge in [0, 0.05) is 39.4 Å². The van der Waals surface area contributed by atoms with Gasteiger partial charge in [-0.3, -0.25) is 14.5 Å². The molecule has 3 rings (SSSR count). The molecule has 2 aliphatic rings. The number of carbonyl (C=O) groups is 3. The highest BCUT2D eigenvalue weighted by Crippen LogP contribution is 2.15. The van der Waals surface area contributed by atoms with E-state index in [1.54, 1.807) is 24.1 Å². The number of anilines is 1. The topological polar surface area (TPSA) is 101 Å². The molecular weight excluding hydrogens is 336 g/mol. The summed E-state index contributed by atoms with van der Waals surface area (Å²) in [6, 6.07) is 5.13. The molecule has 0 aliphatic carbocycles. The van der Waals surface area contributed by atoms with Crippen LogP contribution < -0.4 is 4.90 Å². The van der Waals surface area contributed by atoms with Crippen LogP contribution in [-0.2, 0) is 9.59 Å². The van der Waals surface area contributed by atoms with Gasteiger partial charge in [-0.25, -0.2) is 9.78 Å². The molecule has 1 aromatic heterocycles. The van der Waals surface area contributed by atoms with Crippen LogP contribution in [0.3, 0.4) is 0 Å². The van der Waals surface area contributed by atoms with Crippen LogP contribution in [0.5, 0.6) is 0 Å². The van der Waals surface area contributed by atoms with Crippen molar-refractivity contribution >= 4 is 23.7 Å². The average Bonchev–Trinajstić information content (AvgIpc) is 2.85. The number of urea groups is 1. The number of nitrogens with zero attached hydrogens (tertiary/aromatic N) is 6. The van der Waals surface area contributed by atoms with Crippen molar-refractivity contribution in [3.8, 4) is 6.07 Å². The predicted molar refractivity (Wildman–Crippen MR) is 92.1 cm³/mol. The molecule has 4 amide bonds. The number of hydrogen-bond donors (Lipinski definition) is 0. The smallest absolute Gasteiger partial charge is 0.327 e. The first-order valence-corrected chi connectivity index (χ1v) is 8.44. The van der Waals surface area contributed by atoms with Crippen LogP contribution in [0.2, 0.25) is 0 Å². The van der Waals surface area contributed by atoms with Crippen molar-refractivity contribution in [2.45, 2.75) is 6.42 Å². The number of rotatable bonds is 3. The molecule has 9 nitrogen and oxygen atoms in total. The van der Waals surface area contributed by atoms with Crippen molar-refractivity contribution in [3.05, 3.63) is 23.9 Å². The molecule has 0 spiro atoms. The van der Waals surface area contributed by atoms with E-state index in [9.17, 15) is 14.4 Å². The first-order chi connectivity index (χ1) is 12.5. The van der Waals surface area contributed by atoms with Gasteiger partial charge in [0.25, 0.3) is 5.91 Å². The van der Waals surface area contributed by atoms with Crippen LogP contribution in [0.4, 0.5) is 10.6 Å². The lowest BCUT2D eigenvalue weighted by Crippen LogP contribution is -2.44. The van der Waals surface area contributed by atoms with E-state index < -0.39 is 6.03 Å². The number of likely N-dealkylation sites (N-methyl/N-ethyl adjacent to an activating group) is 1. The van der Waals surface area contributed by atoms with Crippen LogP contribution in [0.25, 0.3) is 0 Å². The number of pyridine rings is 1. The zero-order chi connectivity index (χ0) is 18.7. The molecule has 0 saturated carbocycles. The fraction of sp³-hybridized carbons (Fsp3) is 0.471. The van der Waals surface area contributed by atoms with Gasteiger partial charge in [0.1, 0.15) is 25.0 Å². The maximum Gasteiger partial charge on any atom is 0.327 e. The molecule has 2 aliphatic heterocycles. The monoisotopic (exact) mass is 356 g/mol.